The van der Waals surface area contributed by atoms with Gasteiger partial charge < -0.3 is 0 Å². The van der Waals surface area contributed by atoms with Crippen LogP contribution in [-0.2, 0) is 4.79 Å². The first kappa shape index (κ1) is 11.3. The van der Waals surface area contributed by atoms with E-state index in [4.69, 9.17) is 0 Å². The molecule has 0 radical (unpaired) electrons. The third-order valence-corrected chi connectivity index (χ3v) is 2.38. The monoisotopic (exact) mass is 227 g/mol. The zero-order chi connectivity index (χ0) is 12.1. The van der Waals surface area contributed by atoms with Crippen molar-refractivity contribution in [3.05, 3.63) is 48.5 Å². The zero-order valence-electron chi connectivity index (χ0n) is 9.58. The van der Waals surface area contributed by atoms with Crippen LogP contribution in [0.4, 0.5) is 0 Å². The number of nitrogens with zero attached hydrogens (tertiary/aromatic N) is 3. The fourth-order valence-electron chi connectivity index (χ4n) is 1.50. The van der Waals surface area contributed by atoms with Gasteiger partial charge in [-0.2, -0.15) is 5.10 Å². The number of benzene rings is 1. The SMILES string of the molecule is CCC(=O)C(=Cc1ccccc1)n1cncn1. The maximum atomic E-state index is 11.9. The van der Waals surface area contributed by atoms with Gasteiger partial charge in [0.1, 0.15) is 18.4 Å². The molecule has 4 nitrogen and oxygen atoms in total. The molecule has 0 aliphatic heterocycles. The fraction of sp³-hybridized carbons (Fsp3) is 0.154. The molecular formula is C13H13N3O. The van der Waals surface area contributed by atoms with E-state index in [0.717, 1.165) is 5.56 Å². The Bertz CT molecular complexity index is 515. The average molecular weight is 227 g/mol. The number of rotatable bonds is 4. The molecule has 0 aliphatic carbocycles. The molecule has 1 aromatic heterocycles. The van der Waals surface area contributed by atoms with Crippen molar-refractivity contribution in [2.75, 3.05) is 0 Å². The van der Waals surface area contributed by atoms with Crippen LogP contribution in [-0.4, -0.2) is 20.5 Å². The molecule has 2 rings (SSSR count). The van der Waals surface area contributed by atoms with Crippen molar-refractivity contribution in [3.63, 3.8) is 0 Å². The number of carbonyl (C=O) groups excluding carboxylic acids is 1. The Morgan fingerprint density at radius 3 is 2.71 bits per heavy atom. The van der Waals surface area contributed by atoms with Gasteiger partial charge in [0.25, 0.3) is 0 Å². The molecule has 0 saturated heterocycles. The highest BCUT2D eigenvalue weighted by Gasteiger charge is 2.10. The number of aromatic nitrogens is 3. The largest absolute Gasteiger partial charge is 0.292 e. The third kappa shape index (κ3) is 2.66. The Hall–Kier alpha value is -2.23. The molecule has 4 heteroatoms. The maximum absolute atomic E-state index is 11.9. The van der Waals surface area contributed by atoms with Crippen molar-refractivity contribution < 1.29 is 4.79 Å². The molecule has 2 aromatic rings. The molecule has 1 aromatic carbocycles. The molecule has 17 heavy (non-hydrogen) atoms. The second-order valence-electron chi connectivity index (χ2n) is 3.56. The Kier molecular flexibility index (Phi) is 3.45. The van der Waals surface area contributed by atoms with Crippen molar-refractivity contribution in [3.8, 4) is 0 Å². The van der Waals surface area contributed by atoms with E-state index in [1.807, 2.05) is 43.3 Å². The van der Waals surface area contributed by atoms with Gasteiger partial charge in [-0.1, -0.05) is 37.3 Å². The van der Waals surface area contributed by atoms with Crippen LogP contribution in [0.2, 0.25) is 0 Å². The lowest BCUT2D eigenvalue weighted by atomic mass is 10.1. The summed E-state index contributed by atoms with van der Waals surface area (Å²) in [4.78, 5) is 15.7. The number of carbonyl (C=O) groups is 1. The van der Waals surface area contributed by atoms with E-state index in [1.165, 1.54) is 17.3 Å². The summed E-state index contributed by atoms with van der Waals surface area (Å²) in [7, 11) is 0. The standard InChI is InChI=1S/C13H13N3O/c1-2-13(17)12(16-10-14-9-15-16)8-11-6-4-3-5-7-11/h3-10H,2H2,1H3. The summed E-state index contributed by atoms with van der Waals surface area (Å²) in [6, 6.07) is 9.69. The predicted molar refractivity (Wildman–Crippen MR) is 65.9 cm³/mol. The van der Waals surface area contributed by atoms with Gasteiger partial charge in [0.05, 0.1) is 0 Å². The second kappa shape index (κ2) is 5.21. The Balaban J connectivity index is 2.41. The van der Waals surface area contributed by atoms with Crippen molar-refractivity contribution in [1.82, 2.24) is 14.8 Å². The summed E-state index contributed by atoms with van der Waals surface area (Å²) in [6.07, 6.45) is 5.21. The van der Waals surface area contributed by atoms with Crippen LogP contribution in [0.25, 0.3) is 11.8 Å². The second-order valence-corrected chi connectivity index (χ2v) is 3.56. The van der Waals surface area contributed by atoms with E-state index in [1.54, 1.807) is 0 Å². The quantitative estimate of drug-likeness (QED) is 0.753. The lowest BCUT2D eigenvalue weighted by molar-refractivity contribution is -0.113. The topological polar surface area (TPSA) is 47.8 Å². The molecular weight excluding hydrogens is 214 g/mol. The molecule has 0 unspecified atom stereocenters. The highest BCUT2D eigenvalue weighted by molar-refractivity contribution is 6.19. The smallest absolute Gasteiger partial charge is 0.181 e. The summed E-state index contributed by atoms with van der Waals surface area (Å²) in [6.45, 7) is 1.83. The van der Waals surface area contributed by atoms with Crippen molar-refractivity contribution in [2.45, 2.75) is 13.3 Å². The molecule has 0 N–H and O–H groups in total. The number of hydrogen-bond acceptors (Lipinski definition) is 3. The van der Waals surface area contributed by atoms with E-state index < -0.39 is 0 Å². The average Bonchev–Trinajstić information content (AvgIpc) is 2.90. The number of ketones is 1. The van der Waals surface area contributed by atoms with Gasteiger partial charge in [0, 0.05) is 6.42 Å². The molecule has 0 amide bonds. The molecule has 0 saturated carbocycles. The third-order valence-electron chi connectivity index (χ3n) is 2.38. The summed E-state index contributed by atoms with van der Waals surface area (Å²) < 4.78 is 1.50. The summed E-state index contributed by atoms with van der Waals surface area (Å²) in [5.74, 6) is 0.0411. The van der Waals surface area contributed by atoms with E-state index in [0.29, 0.717) is 12.1 Å². The van der Waals surface area contributed by atoms with E-state index in [-0.39, 0.29) is 5.78 Å². The van der Waals surface area contributed by atoms with Crippen LogP contribution in [0.5, 0.6) is 0 Å². The van der Waals surface area contributed by atoms with Crippen molar-refractivity contribution >= 4 is 17.6 Å². The number of hydrogen-bond donors (Lipinski definition) is 0. The van der Waals surface area contributed by atoms with Gasteiger partial charge in [-0.15, -0.1) is 0 Å². The minimum Gasteiger partial charge on any atom is -0.292 e. The van der Waals surface area contributed by atoms with Gasteiger partial charge in [-0.05, 0) is 11.6 Å². The van der Waals surface area contributed by atoms with Crippen LogP contribution in [0.15, 0.2) is 43.0 Å². The molecule has 0 fully saturated rings. The van der Waals surface area contributed by atoms with Crippen molar-refractivity contribution in [2.24, 2.45) is 0 Å². The van der Waals surface area contributed by atoms with Crippen LogP contribution < -0.4 is 0 Å². The van der Waals surface area contributed by atoms with Gasteiger partial charge in [0.15, 0.2) is 5.78 Å². The van der Waals surface area contributed by atoms with Crippen LogP contribution in [0.3, 0.4) is 0 Å². The van der Waals surface area contributed by atoms with Gasteiger partial charge in [0.2, 0.25) is 0 Å². The fourth-order valence-corrected chi connectivity index (χ4v) is 1.50. The minimum atomic E-state index is 0.0411. The normalized spacial score (nSPS) is 11.5. The highest BCUT2D eigenvalue weighted by atomic mass is 16.1. The van der Waals surface area contributed by atoms with E-state index in [2.05, 4.69) is 10.1 Å². The first-order valence-corrected chi connectivity index (χ1v) is 5.46. The first-order chi connectivity index (χ1) is 8.31. The molecule has 86 valence electrons. The maximum Gasteiger partial charge on any atom is 0.181 e. The van der Waals surface area contributed by atoms with Crippen molar-refractivity contribution in [1.29, 1.82) is 0 Å². The Labute approximate surface area is 99.6 Å². The number of Topliss-reactive ketones (excluding diaryl/α,β-unsaturated/α-hetero) is 1. The molecule has 0 bridgehead atoms. The summed E-state index contributed by atoms with van der Waals surface area (Å²) in [5.41, 5.74) is 1.51. The highest BCUT2D eigenvalue weighted by Crippen LogP contribution is 2.12. The van der Waals surface area contributed by atoms with E-state index >= 15 is 0 Å². The minimum absolute atomic E-state index is 0.0411. The summed E-state index contributed by atoms with van der Waals surface area (Å²) in [5, 5.41) is 4.00. The van der Waals surface area contributed by atoms with Crippen LogP contribution in [0.1, 0.15) is 18.9 Å². The van der Waals surface area contributed by atoms with E-state index in [9.17, 15) is 4.79 Å². The number of allylic oxidation sites excluding steroid dienone is 1. The first-order valence-electron chi connectivity index (χ1n) is 5.46. The lowest BCUT2D eigenvalue weighted by Gasteiger charge is -2.04. The van der Waals surface area contributed by atoms with Gasteiger partial charge >= 0.3 is 0 Å². The zero-order valence-corrected chi connectivity index (χ0v) is 9.58. The van der Waals surface area contributed by atoms with Gasteiger partial charge in [-0.25, -0.2) is 9.67 Å². The summed E-state index contributed by atoms with van der Waals surface area (Å²) >= 11 is 0. The molecule has 0 atom stereocenters. The molecule has 0 aliphatic rings. The van der Waals surface area contributed by atoms with Gasteiger partial charge in [-0.3, -0.25) is 4.79 Å². The Morgan fingerprint density at radius 2 is 2.12 bits per heavy atom. The Morgan fingerprint density at radius 1 is 1.35 bits per heavy atom. The lowest BCUT2D eigenvalue weighted by Crippen LogP contribution is -2.08. The van der Waals surface area contributed by atoms with Crippen LogP contribution in [0, 0.1) is 0 Å². The van der Waals surface area contributed by atoms with Crippen LogP contribution >= 0.6 is 0 Å². The molecule has 0 spiro atoms. The predicted octanol–water partition coefficient (Wildman–Crippen LogP) is 2.26. The molecule has 1 heterocycles.